The molecule has 0 aromatic rings. The predicted octanol–water partition coefficient (Wildman–Crippen LogP) is 0.00230. The van der Waals surface area contributed by atoms with Gasteiger partial charge in [0, 0.05) is 31.7 Å². The number of carbonyl (C=O) groups is 1. The standard InChI is InChI=1S/C13H22N2O3/c16-13(12-9-18-6-4-14-12)15(11-1-2-11)7-10-3-5-17-8-10/h10-12,14H,1-9H2. The third kappa shape index (κ3) is 2.84. The number of nitrogens with zero attached hydrogens (tertiary/aromatic N) is 1. The molecule has 2 aliphatic heterocycles. The largest absolute Gasteiger partial charge is 0.381 e. The zero-order valence-electron chi connectivity index (χ0n) is 10.8. The van der Waals surface area contributed by atoms with E-state index < -0.39 is 0 Å². The van der Waals surface area contributed by atoms with Crippen molar-refractivity contribution in [3.8, 4) is 0 Å². The second kappa shape index (κ2) is 5.55. The van der Waals surface area contributed by atoms with Crippen LogP contribution in [-0.4, -0.2) is 62.4 Å². The van der Waals surface area contributed by atoms with Gasteiger partial charge in [-0.2, -0.15) is 0 Å². The Bertz CT molecular complexity index is 295. The Morgan fingerprint density at radius 2 is 2.00 bits per heavy atom. The number of nitrogens with one attached hydrogen (secondary N) is 1. The Hall–Kier alpha value is -0.650. The molecule has 0 radical (unpaired) electrons. The lowest BCUT2D eigenvalue weighted by atomic mass is 10.1. The second-order valence-electron chi connectivity index (χ2n) is 5.53. The number of rotatable bonds is 4. The molecule has 3 fully saturated rings. The lowest BCUT2D eigenvalue weighted by Gasteiger charge is -2.31. The van der Waals surface area contributed by atoms with Gasteiger partial charge in [-0.3, -0.25) is 4.79 Å². The summed E-state index contributed by atoms with van der Waals surface area (Å²) >= 11 is 0. The fourth-order valence-electron chi connectivity index (χ4n) is 2.73. The first-order chi connectivity index (χ1) is 8.84. The van der Waals surface area contributed by atoms with Gasteiger partial charge >= 0.3 is 0 Å². The second-order valence-corrected chi connectivity index (χ2v) is 5.53. The molecular formula is C13H22N2O3. The van der Waals surface area contributed by atoms with Crippen molar-refractivity contribution in [3.63, 3.8) is 0 Å². The van der Waals surface area contributed by atoms with Gasteiger partial charge in [0.25, 0.3) is 0 Å². The van der Waals surface area contributed by atoms with Gasteiger partial charge in [-0.15, -0.1) is 0 Å². The Morgan fingerprint density at radius 3 is 2.61 bits per heavy atom. The minimum atomic E-state index is -0.137. The topological polar surface area (TPSA) is 50.8 Å². The quantitative estimate of drug-likeness (QED) is 0.767. The molecule has 5 heteroatoms. The van der Waals surface area contributed by atoms with Crippen LogP contribution >= 0.6 is 0 Å². The lowest BCUT2D eigenvalue weighted by Crippen LogP contribution is -2.54. The van der Waals surface area contributed by atoms with Gasteiger partial charge in [-0.05, 0) is 19.3 Å². The molecule has 102 valence electrons. The van der Waals surface area contributed by atoms with Crippen LogP contribution in [0, 0.1) is 5.92 Å². The van der Waals surface area contributed by atoms with E-state index in [2.05, 4.69) is 10.2 Å². The maximum Gasteiger partial charge on any atom is 0.242 e. The zero-order chi connectivity index (χ0) is 12.4. The average Bonchev–Trinajstić information content (AvgIpc) is 3.13. The van der Waals surface area contributed by atoms with E-state index in [0.29, 0.717) is 25.2 Å². The molecular weight excluding hydrogens is 232 g/mol. The van der Waals surface area contributed by atoms with Gasteiger partial charge in [0.1, 0.15) is 6.04 Å². The molecule has 3 aliphatic rings. The van der Waals surface area contributed by atoms with Crippen molar-refractivity contribution in [2.75, 3.05) is 39.5 Å². The van der Waals surface area contributed by atoms with E-state index in [9.17, 15) is 4.79 Å². The molecule has 1 amide bonds. The summed E-state index contributed by atoms with van der Waals surface area (Å²) < 4.78 is 10.8. The minimum Gasteiger partial charge on any atom is -0.381 e. The minimum absolute atomic E-state index is 0.137. The molecule has 2 heterocycles. The summed E-state index contributed by atoms with van der Waals surface area (Å²) in [5.41, 5.74) is 0. The van der Waals surface area contributed by atoms with Crippen LogP contribution in [0.15, 0.2) is 0 Å². The molecule has 2 unspecified atom stereocenters. The Kier molecular flexibility index (Phi) is 3.82. The molecule has 2 atom stereocenters. The first-order valence-electron chi connectivity index (χ1n) is 7.04. The van der Waals surface area contributed by atoms with Crippen LogP contribution in [-0.2, 0) is 14.3 Å². The number of hydrogen-bond donors (Lipinski definition) is 1. The third-order valence-corrected chi connectivity index (χ3v) is 3.97. The highest BCUT2D eigenvalue weighted by molar-refractivity contribution is 5.82. The van der Waals surface area contributed by atoms with Crippen LogP contribution < -0.4 is 5.32 Å². The van der Waals surface area contributed by atoms with Crippen LogP contribution in [0.3, 0.4) is 0 Å². The summed E-state index contributed by atoms with van der Waals surface area (Å²) in [4.78, 5) is 14.6. The molecule has 1 N–H and O–H groups in total. The van der Waals surface area contributed by atoms with Gasteiger partial charge < -0.3 is 19.7 Å². The maximum atomic E-state index is 12.5. The van der Waals surface area contributed by atoms with Crippen molar-refractivity contribution in [2.45, 2.75) is 31.3 Å². The van der Waals surface area contributed by atoms with E-state index in [-0.39, 0.29) is 11.9 Å². The number of amides is 1. The van der Waals surface area contributed by atoms with E-state index in [1.54, 1.807) is 0 Å². The van der Waals surface area contributed by atoms with Gasteiger partial charge in [-0.1, -0.05) is 0 Å². The molecule has 0 bridgehead atoms. The summed E-state index contributed by atoms with van der Waals surface area (Å²) in [5, 5.41) is 3.26. The van der Waals surface area contributed by atoms with Crippen molar-refractivity contribution in [1.29, 1.82) is 0 Å². The Balaban J connectivity index is 1.59. The molecule has 1 saturated carbocycles. The summed E-state index contributed by atoms with van der Waals surface area (Å²) in [7, 11) is 0. The van der Waals surface area contributed by atoms with E-state index >= 15 is 0 Å². The number of ether oxygens (including phenoxy) is 2. The molecule has 0 spiro atoms. The first-order valence-corrected chi connectivity index (χ1v) is 7.04. The smallest absolute Gasteiger partial charge is 0.242 e. The number of morpholine rings is 1. The highest BCUT2D eigenvalue weighted by Crippen LogP contribution is 2.29. The lowest BCUT2D eigenvalue weighted by molar-refractivity contribution is -0.137. The van der Waals surface area contributed by atoms with Crippen molar-refractivity contribution in [3.05, 3.63) is 0 Å². The van der Waals surface area contributed by atoms with Crippen molar-refractivity contribution >= 4 is 5.91 Å². The molecule has 18 heavy (non-hydrogen) atoms. The third-order valence-electron chi connectivity index (χ3n) is 3.97. The first kappa shape index (κ1) is 12.4. The zero-order valence-corrected chi connectivity index (χ0v) is 10.8. The summed E-state index contributed by atoms with van der Waals surface area (Å²) in [5.74, 6) is 0.753. The summed E-state index contributed by atoms with van der Waals surface area (Å²) in [6.07, 6.45) is 3.41. The molecule has 3 rings (SSSR count). The molecule has 0 aromatic heterocycles. The monoisotopic (exact) mass is 254 g/mol. The fourth-order valence-corrected chi connectivity index (χ4v) is 2.73. The highest BCUT2D eigenvalue weighted by Gasteiger charge is 2.37. The fraction of sp³-hybridized carbons (Fsp3) is 0.923. The van der Waals surface area contributed by atoms with Crippen LogP contribution in [0.25, 0.3) is 0 Å². The number of hydrogen-bond acceptors (Lipinski definition) is 4. The number of carbonyl (C=O) groups excluding carboxylic acids is 1. The van der Waals surface area contributed by atoms with E-state index in [4.69, 9.17) is 9.47 Å². The SMILES string of the molecule is O=C(C1COCCN1)N(CC1CCOC1)C1CC1. The Labute approximate surface area is 108 Å². The van der Waals surface area contributed by atoms with Gasteiger partial charge in [0.15, 0.2) is 0 Å². The van der Waals surface area contributed by atoms with E-state index in [0.717, 1.165) is 45.6 Å². The van der Waals surface area contributed by atoms with Crippen LogP contribution in [0.5, 0.6) is 0 Å². The van der Waals surface area contributed by atoms with Gasteiger partial charge in [0.2, 0.25) is 5.91 Å². The van der Waals surface area contributed by atoms with Crippen molar-refractivity contribution in [2.24, 2.45) is 5.92 Å². The summed E-state index contributed by atoms with van der Waals surface area (Å²) in [6, 6.07) is 0.337. The average molecular weight is 254 g/mol. The highest BCUT2D eigenvalue weighted by atomic mass is 16.5. The van der Waals surface area contributed by atoms with E-state index in [1.165, 1.54) is 0 Å². The van der Waals surface area contributed by atoms with Crippen molar-refractivity contribution < 1.29 is 14.3 Å². The molecule has 2 saturated heterocycles. The Morgan fingerprint density at radius 1 is 1.17 bits per heavy atom. The normalized spacial score (nSPS) is 32.4. The summed E-state index contributed by atoms with van der Waals surface area (Å²) in [6.45, 7) is 4.53. The molecule has 5 nitrogen and oxygen atoms in total. The van der Waals surface area contributed by atoms with Crippen LogP contribution in [0.1, 0.15) is 19.3 Å². The maximum absolute atomic E-state index is 12.5. The molecule has 1 aliphatic carbocycles. The van der Waals surface area contributed by atoms with Gasteiger partial charge in [0.05, 0.1) is 19.8 Å². The van der Waals surface area contributed by atoms with Crippen LogP contribution in [0.2, 0.25) is 0 Å². The van der Waals surface area contributed by atoms with Crippen molar-refractivity contribution in [1.82, 2.24) is 10.2 Å². The van der Waals surface area contributed by atoms with Gasteiger partial charge in [-0.25, -0.2) is 0 Å². The predicted molar refractivity (Wildman–Crippen MR) is 66.3 cm³/mol. The van der Waals surface area contributed by atoms with E-state index in [1.807, 2.05) is 0 Å². The van der Waals surface area contributed by atoms with Crippen LogP contribution in [0.4, 0.5) is 0 Å². The molecule has 0 aromatic carbocycles.